The minimum absolute atomic E-state index is 0. The van der Waals surface area contributed by atoms with Gasteiger partial charge in [0, 0.05) is 8.07 Å². The van der Waals surface area contributed by atoms with Crippen LogP contribution >= 0.6 is 0 Å². The predicted octanol–water partition coefficient (Wildman–Crippen LogP) is -0.955. The van der Waals surface area contributed by atoms with Gasteiger partial charge in [0.2, 0.25) is 6.33 Å². The molecule has 0 bridgehead atoms. The number of nitrogens with zero attached hydrogens (tertiary/aromatic N) is 2. The Bertz CT molecular complexity index is 265. The van der Waals surface area contributed by atoms with Gasteiger partial charge >= 0.3 is 0 Å². The molecule has 0 saturated carbocycles. The number of aromatic nitrogens is 2. The first-order valence-corrected chi connectivity index (χ1v) is 8.69. The van der Waals surface area contributed by atoms with Crippen LogP contribution in [-0.2, 0) is 13.6 Å². The Morgan fingerprint density at radius 3 is 2.36 bits per heavy atom. The largest absolute Gasteiger partial charge is 1.00 e. The summed E-state index contributed by atoms with van der Waals surface area (Å²) in [5.74, 6) is 0. The Labute approximate surface area is 94.4 Å². The van der Waals surface area contributed by atoms with Gasteiger partial charge in [0.1, 0.15) is 12.4 Å². The van der Waals surface area contributed by atoms with Crippen molar-refractivity contribution in [1.82, 2.24) is 4.57 Å². The maximum absolute atomic E-state index is 2.43. The Morgan fingerprint density at radius 2 is 1.93 bits per heavy atom. The van der Waals surface area contributed by atoms with Gasteiger partial charge in [-0.2, -0.15) is 0 Å². The fraction of sp³-hybridized carbons (Fsp3) is 0.700. The molecule has 0 aromatic carbocycles. The fourth-order valence-corrected chi connectivity index (χ4v) is 2.64. The van der Waals surface area contributed by atoms with Crippen LogP contribution in [0, 0.1) is 0 Å². The number of rotatable bonds is 4. The Morgan fingerprint density at radius 1 is 1.29 bits per heavy atom. The predicted molar refractivity (Wildman–Crippen MR) is 58.4 cm³/mol. The molecule has 0 unspecified atom stereocenters. The molecule has 1 aromatic heterocycles. The molecule has 0 aliphatic carbocycles. The van der Waals surface area contributed by atoms with Crippen LogP contribution in [0.15, 0.2) is 18.7 Å². The SMILES string of the molecule is C[n+]1ccn(CCC[Si](C)(C)C)c1.[Cl-]. The van der Waals surface area contributed by atoms with Gasteiger partial charge in [-0.25, -0.2) is 9.13 Å². The quantitative estimate of drug-likeness (QED) is 0.468. The number of imidazole rings is 1. The summed E-state index contributed by atoms with van der Waals surface area (Å²) < 4.78 is 4.36. The van der Waals surface area contributed by atoms with Crippen LogP contribution in [0.2, 0.25) is 25.7 Å². The first-order chi connectivity index (χ1) is 5.97. The number of aryl methyl sites for hydroxylation is 2. The molecule has 1 aromatic rings. The molecule has 2 nitrogen and oxygen atoms in total. The monoisotopic (exact) mass is 232 g/mol. The molecule has 0 saturated heterocycles. The molecule has 0 amide bonds. The molecule has 0 atom stereocenters. The third-order valence-corrected chi connectivity index (χ3v) is 4.02. The van der Waals surface area contributed by atoms with E-state index in [1.54, 1.807) is 0 Å². The maximum Gasteiger partial charge on any atom is 0.243 e. The zero-order chi connectivity index (χ0) is 9.90. The number of halogens is 1. The molecule has 82 valence electrons. The minimum atomic E-state index is -0.824. The molecule has 0 N–H and O–H groups in total. The van der Waals surface area contributed by atoms with Crippen molar-refractivity contribution in [3.8, 4) is 0 Å². The van der Waals surface area contributed by atoms with Gasteiger partial charge in [0.05, 0.1) is 13.6 Å². The van der Waals surface area contributed by atoms with Crippen LogP contribution in [0.5, 0.6) is 0 Å². The second-order valence-electron chi connectivity index (χ2n) is 4.98. The lowest BCUT2D eigenvalue weighted by molar-refractivity contribution is -0.671. The second-order valence-corrected chi connectivity index (χ2v) is 10.6. The van der Waals surface area contributed by atoms with E-state index >= 15 is 0 Å². The molecular formula is C10H21ClN2Si. The zero-order valence-electron chi connectivity index (χ0n) is 9.63. The Balaban J connectivity index is 0.00000169. The van der Waals surface area contributed by atoms with Crippen molar-refractivity contribution in [3.63, 3.8) is 0 Å². The van der Waals surface area contributed by atoms with Crippen molar-refractivity contribution in [2.45, 2.75) is 38.7 Å². The first-order valence-electron chi connectivity index (χ1n) is 4.98. The van der Waals surface area contributed by atoms with Crippen LogP contribution in [0.25, 0.3) is 0 Å². The van der Waals surface area contributed by atoms with E-state index in [9.17, 15) is 0 Å². The summed E-state index contributed by atoms with van der Waals surface area (Å²) in [6, 6.07) is 1.43. The summed E-state index contributed by atoms with van der Waals surface area (Å²) >= 11 is 0. The first kappa shape index (κ1) is 13.7. The highest BCUT2D eigenvalue weighted by Gasteiger charge is 2.12. The van der Waals surface area contributed by atoms with Crippen LogP contribution in [0.3, 0.4) is 0 Å². The minimum Gasteiger partial charge on any atom is -1.00 e. The summed E-state index contributed by atoms with van der Waals surface area (Å²) in [6.45, 7) is 8.47. The van der Waals surface area contributed by atoms with Crippen LogP contribution < -0.4 is 17.0 Å². The van der Waals surface area contributed by atoms with E-state index in [4.69, 9.17) is 0 Å². The highest BCUT2D eigenvalue weighted by Crippen LogP contribution is 2.11. The highest BCUT2D eigenvalue weighted by molar-refractivity contribution is 6.76. The molecular weight excluding hydrogens is 212 g/mol. The topological polar surface area (TPSA) is 8.81 Å². The van der Waals surface area contributed by atoms with E-state index in [1.165, 1.54) is 19.0 Å². The Kier molecular flexibility index (Phi) is 5.45. The number of hydrogen-bond acceptors (Lipinski definition) is 0. The van der Waals surface area contributed by atoms with Crippen LogP contribution in [-0.4, -0.2) is 12.6 Å². The van der Waals surface area contributed by atoms with Gasteiger partial charge in [-0.3, -0.25) is 0 Å². The van der Waals surface area contributed by atoms with E-state index < -0.39 is 8.07 Å². The van der Waals surface area contributed by atoms with Crippen molar-refractivity contribution in [1.29, 1.82) is 0 Å². The second kappa shape index (κ2) is 5.56. The van der Waals surface area contributed by atoms with Crippen molar-refractivity contribution in [3.05, 3.63) is 18.7 Å². The Hall–Kier alpha value is -0.283. The fourth-order valence-electron chi connectivity index (χ4n) is 1.43. The van der Waals surface area contributed by atoms with Crippen LogP contribution in [0.1, 0.15) is 6.42 Å². The summed E-state index contributed by atoms with van der Waals surface area (Å²) in [7, 11) is 1.24. The molecule has 0 radical (unpaired) electrons. The highest BCUT2D eigenvalue weighted by atomic mass is 35.5. The summed E-state index contributed by atoms with van der Waals surface area (Å²) in [5, 5.41) is 0. The molecule has 4 heteroatoms. The average molecular weight is 233 g/mol. The average Bonchev–Trinajstić information content (AvgIpc) is 2.33. The van der Waals surface area contributed by atoms with Gasteiger partial charge in [-0.1, -0.05) is 25.7 Å². The normalized spacial score (nSPS) is 11.1. The molecule has 14 heavy (non-hydrogen) atoms. The van der Waals surface area contributed by atoms with Crippen molar-refractivity contribution < 1.29 is 17.0 Å². The standard InChI is InChI=1S/C10H21N2Si.ClH/c1-11-7-8-12(10-11)6-5-9-13(2,3)4;/h7-8,10H,5-6,9H2,1-4H3;1H/q+1;/p-1. The van der Waals surface area contributed by atoms with Crippen molar-refractivity contribution in [2.75, 3.05) is 0 Å². The molecule has 1 heterocycles. The van der Waals surface area contributed by atoms with E-state index in [1.807, 2.05) is 0 Å². The van der Waals surface area contributed by atoms with Gasteiger partial charge < -0.3 is 12.4 Å². The van der Waals surface area contributed by atoms with E-state index in [-0.39, 0.29) is 12.4 Å². The van der Waals surface area contributed by atoms with Gasteiger partial charge in [0.25, 0.3) is 0 Å². The molecule has 0 aliphatic heterocycles. The lowest BCUT2D eigenvalue weighted by Gasteiger charge is -2.13. The smallest absolute Gasteiger partial charge is 0.243 e. The summed E-state index contributed by atoms with van der Waals surface area (Å²) in [4.78, 5) is 0. The molecule has 0 aliphatic rings. The third kappa shape index (κ3) is 5.45. The third-order valence-electron chi connectivity index (χ3n) is 2.17. The van der Waals surface area contributed by atoms with E-state index in [2.05, 4.69) is 54.5 Å². The molecule has 0 spiro atoms. The van der Waals surface area contributed by atoms with Crippen LogP contribution in [0.4, 0.5) is 0 Å². The maximum atomic E-state index is 2.43. The van der Waals surface area contributed by atoms with Gasteiger partial charge in [-0.15, -0.1) is 0 Å². The van der Waals surface area contributed by atoms with E-state index in [0.717, 1.165) is 0 Å². The number of hydrogen-bond donors (Lipinski definition) is 0. The lowest BCUT2D eigenvalue weighted by Crippen LogP contribution is -3.00. The van der Waals surface area contributed by atoms with Crippen molar-refractivity contribution >= 4 is 8.07 Å². The van der Waals surface area contributed by atoms with Gasteiger partial charge in [-0.05, 0) is 6.42 Å². The van der Waals surface area contributed by atoms with E-state index in [0.29, 0.717) is 0 Å². The summed E-state index contributed by atoms with van der Waals surface area (Å²) in [5.41, 5.74) is 0. The lowest BCUT2D eigenvalue weighted by atomic mass is 10.5. The van der Waals surface area contributed by atoms with Crippen molar-refractivity contribution in [2.24, 2.45) is 7.05 Å². The van der Waals surface area contributed by atoms with Gasteiger partial charge in [0.15, 0.2) is 0 Å². The zero-order valence-corrected chi connectivity index (χ0v) is 11.4. The molecule has 1 rings (SSSR count). The summed E-state index contributed by atoms with van der Waals surface area (Å²) in [6.07, 6.45) is 7.70. The molecule has 0 fully saturated rings.